The molecule has 0 aliphatic rings. The second kappa shape index (κ2) is 8.96. The van der Waals surface area contributed by atoms with Crippen LogP contribution in [0.2, 0.25) is 0 Å². The molecule has 1 aromatic rings. The number of carboxylic acid groups (broad SMARTS) is 1. The normalized spacial score (nSPS) is 13.9. The Morgan fingerprint density at radius 3 is 2.59 bits per heavy atom. The molecule has 0 aromatic carbocycles. The van der Waals surface area contributed by atoms with Crippen LogP contribution in [0, 0.1) is 5.41 Å². The molecule has 6 heteroatoms. The summed E-state index contributed by atoms with van der Waals surface area (Å²) in [5.74, 6) is -0.283. The Morgan fingerprint density at radius 1 is 1.45 bits per heavy atom. The van der Waals surface area contributed by atoms with Gasteiger partial charge >= 0.3 is 5.97 Å². The zero-order valence-electron chi connectivity index (χ0n) is 13.9. The van der Waals surface area contributed by atoms with E-state index in [9.17, 15) is 9.90 Å². The first-order chi connectivity index (χ1) is 9.73. The molecule has 0 saturated carbocycles. The van der Waals surface area contributed by atoms with Crippen LogP contribution in [0.4, 0.5) is 0 Å². The number of ether oxygens (including phenoxy) is 1. The standard InChI is InChI=1S/C16H26N2O3.ClH/c1-11(12-7-9-17-14(10-12)21-5)18-13(15(19)20)6-8-16(2,3)4;/h7,9-11,13,18H,6,8H2,1-5H3,(H,19,20);1H/t11-,13?;/m0./s1. The number of hydrogen-bond acceptors (Lipinski definition) is 4. The van der Waals surface area contributed by atoms with E-state index in [-0.39, 0.29) is 23.9 Å². The quantitative estimate of drug-likeness (QED) is 0.801. The Kier molecular flexibility index (Phi) is 8.41. The summed E-state index contributed by atoms with van der Waals surface area (Å²) in [4.78, 5) is 15.5. The topological polar surface area (TPSA) is 71.5 Å². The van der Waals surface area contributed by atoms with Gasteiger partial charge in [-0.1, -0.05) is 20.8 Å². The van der Waals surface area contributed by atoms with Gasteiger partial charge in [0.15, 0.2) is 0 Å². The third-order valence-corrected chi connectivity index (χ3v) is 3.40. The number of halogens is 1. The molecule has 0 bridgehead atoms. The summed E-state index contributed by atoms with van der Waals surface area (Å²) in [5.41, 5.74) is 1.09. The van der Waals surface area contributed by atoms with E-state index in [1.165, 1.54) is 0 Å². The summed E-state index contributed by atoms with van der Waals surface area (Å²) in [7, 11) is 1.56. The van der Waals surface area contributed by atoms with Crippen molar-refractivity contribution in [1.29, 1.82) is 0 Å². The lowest BCUT2D eigenvalue weighted by atomic mass is 9.88. The van der Waals surface area contributed by atoms with Gasteiger partial charge in [-0.2, -0.15) is 0 Å². The Bertz CT molecular complexity index is 475. The van der Waals surface area contributed by atoms with E-state index in [1.807, 2.05) is 19.1 Å². The van der Waals surface area contributed by atoms with Crippen LogP contribution in [0.3, 0.4) is 0 Å². The Labute approximate surface area is 138 Å². The molecule has 0 aliphatic carbocycles. The van der Waals surface area contributed by atoms with E-state index in [0.717, 1.165) is 12.0 Å². The molecule has 126 valence electrons. The molecular formula is C16H27ClN2O3. The number of pyridine rings is 1. The second-order valence-electron chi connectivity index (χ2n) is 6.51. The summed E-state index contributed by atoms with van der Waals surface area (Å²) >= 11 is 0. The zero-order valence-corrected chi connectivity index (χ0v) is 14.7. The van der Waals surface area contributed by atoms with Gasteiger partial charge in [-0.25, -0.2) is 4.98 Å². The average molecular weight is 331 g/mol. The zero-order chi connectivity index (χ0) is 16.0. The van der Waals surface area contributed by atoms with E-state index in [0.29, 0.717) is 12.3 Å². The second-order valence-corrected chi connectivity index (χ2v) is 6.51. The van der Waals surface area contributed by atoms with E-state index in [2.05, 4.69) is 31.1 Å². The van der Waals surface area contributed by atoms with Crippen molar-refractivity contribution in [2.24, 2.45) is 5.41 Å². The van der Waals surface area contributed by atoms with Crippen LogP contribution in [0.5, 0.6) is 5.88 Å². The number of carbonyl (C=O) groups is 1. The van der Waals surface area contributed by atoms with E-state index in [1.54, 1.807) is 13.3 Å². The third kappa shape index (κ3) is 7.09. The molecule has 5 nitrogen and oxygen atoms in total. The predicted octanol–water partition coefficient (Wildman–Crippen LogP) is 3.44. The van der Waals surface area contributed by atoms with Crippen LogP contribution < -0.4 is 10.1 Å². The summed E-state index contributed by atoms with van der Waals surface area (Å²) in [5, 5.41) is 12.5. The highest BCUT2D eigenvalue weighted by Crippen LogP contribution is 2.23. The highest BCUT2D eigenvalue weighted by Gasteiger charge is 2.23. The number of rotatable bonds is 7. The molecule has 1 unspecified atom stereocenters. The number of aromatic nitrogens is 1. The maximum absolute atomic E-state index is 11.4. The largest absolute Gasteiger partial charge is 0.481 e. The molecule has 0 amide bonds. The summed E-state index contributed by atoms with van der Waals surface area (Å²) in [6.07, 6.45) is 3.12. The predicted molar refractivity (Wildman–Crippen MR) is 89.7 cm³/mol. The molecule has 1 heterocycles. The first kappa shape index (κ1) is 20.7. The fourth-order valence-corrected chi connectivity index (χ4v) is 2.06. The SMILES string of the molecule is COc1cc([C@H](C)NC(CCC(C)(C)C)C(=O)O)ccn1.Cl. The fourth-order valence-electron chi connectivity index (χ4n) is 2.06. The maximum atomic E-state index is 11.4. The molecule has 2 N–H and O–H groups in total. The molecule has 0 saturated heterocycles. The average Bonchev–Trinajstić information content (AvgIpc) is 2.41. The molecule has 0 aliphatic heterocycles. The Balaban J connectivity index is 0.00000441. The van der Waals surface area contributed by atoms with Crippen LogP contribution >= 0.6 is 12.4 Å². The summed E-state index contributed by atoms with van der Waals surface area (Å²) in [6.45, 7) is 8.29. The number of nitrogens with zero attached hydrogens (tertiary/aromatic N) is 1. The Morgan fingerprint density at radius 2 is 2.09 bits per heavy atom. The molecule has 22 heavy (non-hydrogen) atoms. The lowest BCUT2D eigenvalue weighted by Crippen LogP contribution is -2.39. The summed E-state index contributed by atoms with van der Waals surface area (Å²) in [6, 6.07) is 3.05. The first-order valence-corrected chi connectivity index (χ1v) is 7.22. The van der Waals surface area contributed by atoms with Crippen LogP contribution in [0.25, 0.3) is 0 Å². The lowest BCUT2D eigenvalue weighted by Gasteiger charge is -2.24. The van der Waals surface area contributed by atoms with Gasteiger partial charge in [0, 0.05) is 18.3 Å². The molecule has 0 radical (unpaired) electrons. The minimum Gasteiger partial charge on any atom is -0.481 e. The van der Waals surface area contributed by atoms with Crippen molar-refractivity contribution in [3.05, 3.63) is 23.9 Å². The minimum absolute atomic E-state index is 0. The van der Waals surface area contributed by atoms with E-state index >= 15 is 0 Å². The monoisotopic (exact) mass is 330 g/mol. The fraction of sp³-hybridized carbons (Fsp3) is 0.625. The van der Waals surface area contributed by atoms with Crippen molar-refractivity contribution >= 4 is 18.4 Å². The van der Waals surface area contributed by atoms with Gasteiger partial charge in [0.05, 0.1) is 7.11 Å². The van der Waals surface area contributed by atoms with Gasteiger partial charge in [-0.05, 0) is 36.8 Å². The Hall–Kier alpha value is -1.33. The molecule has 2 atom stereocenters. The molecular weight excluding hydrogens is 304 g/mol. The van der Waals surface area contributed by atoms with Crippen molar-refractivity contribution < 1.29 is 14.6 Å². The number of methoxy groups -OCH3 is 1. The van der Waals surface area contributed by atoms with Crippen molar-refractivity contribution in [1.82, 2.24) is 10.3 Å². The smallest absolute Gasteiger partial charge is 0.320 e. The van der Waals surface area contributed by atoms with Crippen molar-refractivity contribution in [2.45, 2.75) is 52.6 Å². The van der Waals surface area contributed by atoms with Crippen LogP contribution in [0.15, 0.2) is 18.3 Å². The van der Waals surface area contributed by atoms with E-state index in [4.69, 9.17) is 4.74 Å². The molecule has 1 aromatic heterocycles. The van der Waals surface area contributed by atoms with Crippen molar-refractivity contribution in [3.8, 4) is 5.88 Å². The van der Waals surface area contributed by atoms with Gasteiger partial charge in [0.25, 0.3) is 0 Å². The maximum Gasteiger partial charge on any atom is 0.320 e. The number of aliphatic carboxylic acids is 1. The number of hydrogen-bond donors (Lipinski definition) is 2. The highest BCUT2D eigenvalue weighted by atomic mass is 35.5. The third-order valence-electron chi connectivity index (χ3n) is 3.40. The first-order valence-electron chi connectivity index (χ1n) is 7.22. The highest BCUT2D eigenvalue weighted by molar-refractivity contribution is 5.85. The van der Waals surface area contributed by atoms with Gasteiger partial charge in [-0.15, -0.1) is 12.4 Å². The molecule has 0 spiro atoms. The van der Waals surface area contributed by atoms with Gasteiger partial charge in [0.1, 0.15) is 6.04 Å². The molecule has 0 fully saturated rings. The van der Waals surface area contributed by atoms with Crippen LogP contribution in [-0.2, 0) is 4.79 Å². The van der Waals surface area contributed by atoms with Gasteiger partial charge in [-0.3, -0.25) is 10.1 Å². The molecule has 1 rings (SSSR count). The lowest BCUT2D eigenvalue weighted by molar-refractivity contribution is -0.140. The van der Waals surface area contributed by atoms with Crippen LogP contribution in [0.1, 0.15) is 52.1 Å². The van der Waals surface area contributed by atoms with Gasteiger partial charge in [0.2, 0.25) is 5.88 Å². The van der Waals surface area contributed by atoms with Gasteiger partial charge < -0.3 is 9.84 Å². The van der Waals surface area contributed by atoms with Crippen molar-refractivity contribution in [3.63, 3.8) is 0 Å². The summed E-state index contributed by atoms with van der Waals surface area (Å²) < 4.78 is 5.09. The van der Waals surface area contributed by atoms with Crippen LogP contribution in [-0.4, -0.2) is 29.2 Å². The van der Waals surface area contributed by atoms with Crippen molar-refractivity contribution in [2.75, 3.05) is 7.11 Å². The number of carboxylic acids is 1. The minimum atomic E-state index is -0.813. The van der Waals surface area contributed by atoms with E-state index < -0.39 is 12.0 Å². The number of nitrogens with one attached hydrogen (secondary N) is 1.